The van der Waals surface area contributed by atoms with Gasteiger partial charge in [-0.25, -0.2) is 0 Å². The quantitative estimate of drug-likeness (QED) is 0.906. The Bertz CT molecular complexity index is 659. The van der Waals surface area contributed by atoms with E-state index in [2.05, 4.69) is 5.32 Å². The number of nitrogens with zero attached hydrogens (tertiary/aromatic N) is 1. The van der Waals surface area contributed by atoms with Crippen LogP contribution in [0.5, 0.6) is 0 Å². The van der Waals surface area contributed by atoms with Crippen LogP contribution >= 0.6 is 0 Å². The first kappa shape index (κ1) is 13.1. The Morgan fingerprint density at radius 1 is 1.21 bits per heavy atom. The first-order valence-corrected chi connectivity index (χ1v) is 6.09. The lowest BCUT2D eigenvalue weighted by molar-refractivity contribution is 0.0962. The van der Waals surface area contributed by atoms with Gasteiger partial charge in [0.15, 0.2) is 0 Å². The number of hydrogen-bond acceptors (Lipinski definition) is 2. The molecule has 0 spiro atoms. The summed E-state index contributed by atoms with van der Waals surface area (Å²) in [4.78, 5) is 23.4. The number of carbonyl (C=O) groups excluding carboxylic acids is 1. The van der Waals surface area contributed by atoms with Crippen LogP contribution < -0.4 is 10.9 Å². The Balaban J connectivity index is 2.37. The maximum atomic E-state index is 11.8. The van der Waals surface area contributed by atoms with E-state index >= 15 is 0 Å². The summed E-state index contributed by atoms with van der Waals surface area (Å²) < 4.78 is 1.55. The van der Waals surface area contributed by atoms with Crippen molar-refractivity contribution in [3.63, 3.8) is 0 Å². The smallest absolute Gasteiger partial charge is 0.252 e. The van der Waals surface area contributed by atoms with Crippen LogP contribution in [-0.4, -0.2) is 17.5 Å². The number of amides is 1. The Morgan fingerprint density at radius 2 is 1.95 bits per heavy atom. The SMILES string of the molecule is CNC(=O)c1ccc(=O)n(Cc2ccccc2C)c1. The lowest BCUT2D eigenvalue weighted by atomic mass is 10.1. The van der Waals surface area contributed by atoms with Crippen molar-refractivity contribution in [3.8, 4) is 0 Å². The largest absolute Gasteiger partial charge is 0.355 e. The minimum Gasteiger partial charge on any atom is -0.355 e. The number of benzene rings is 1. The molecule has 1 heterocycles. The third-order valence-corrected chi connectivity index (χ3v) is 3.07. The van der Waals surface area contributed by atoms with Gasteiger partial charge in [0.05, 0.1) is 12.1 Å². The van der Waals surface area contributed by atoms with Gasteiger partial charge in [-0.15, -0.1) is 0 Å². The third-order valence-electron chi connectivity index (χ3n) is 3.07. The average molecular weight is 256 g/mol. The standard InChI is InChI=1S/C15H16N2O2/c1-11-5-3-4-6-12(11)9-17-10-13(15(19)16-2)7-8-14(17)18/h3-8,10H,9H2,1-2H3,(H,16,19). The molecular weight excluding hydrogens is 240 g/mol. The monoisotopic (exact) mass is 256 g/mol. The van der Waals surface area contributed by atoms with Gasteiger partial charge in [-0.2, -0.15) is 0 Å². The highest BCUT2D eigenvalue weighted by atomic mass is 16.1. The second kappa shape index (κ2) is 5.52. The molecule has 1 aromatic heterocycles. The highest BCUT2D eigenvalue weighted by Crippen LogP contribution is 2.08. The van der Waals surface area contributed by atoms with Gasteiger partial charge in [-0.05, 0) is 24.1 Å². The molecule has 0 fully saturated rings. The lowest BCUT2D eigenvalue weighted by Crippen LogP contribution is -2.24. The molecule has 0 saturated heterocycles. The minimum absolute atomic E-state index is 0.115. The second-order valence-corrected chi connectivity index (χ2v) is 4.39. The Hall–Kier alpha value is -2.36. The van der Waals surface area contributed by atoms with E-state index in [4.69, 9.17) is 0 Å². The first-order valence-electron chi connectivity index (χ1n) is 6.09. The van der Waals surface area contributed by atoms with Gasteiger partial charge < -0.3 is 9.88 Å². The van der Waals surface area contributed by atoms with Crippen LogP contribution in [0.2, 0.25) is 0 Å². The van der Waals surface area contributed by atoms with Crippen LogP contribution in [0.4, 0.5) is 0 Å². The van der Waals surface area contributed by atoms with E-state index in [1.54, 1.807) is 17.8 Å². The van der Waals surface area contributed by atoms with E-state index in [9.17, 15) is 9.59 Å². The van der Waals surface area contributed by atoms with Crippen LogP contribution in [0, 0.1) is 6.92 Å². The predicted molar refractivity (Wildman–Crippen MR) is 74.4 cm³/mol. The maximum Gasteiger partial charge on any atom is 0.252 e. The predicted octanol–water partition coefficient (Wildman–Crippen LogP) is 1.56. The molecule has 0 saturated carbocycles. The topological polar surface area (TPSA) is 51.1 Å². The minimum atomic E-state index is -0.196. The van der Waals surface area contributed by atoms with Crippen molar-refractivity contribution in [1.82, 2.24) is 9.88 Å². The second-order valence-electron chi connectivity index (χ2n) is 4.39. The summed E-state index contributed by atoms with van der Waals surface area (Å²) in [6.45, 7) is 2.47. The number of rotatable bonds is 3. The zero-order chi connectivity index (χ0) is 13.8. The van der Waals surface area contributed by atoms with Crippen molar-refractivity contribution in [2.75, 3.05) is 7.05 Å². The van der Waals surface area contributed by atoms with E-state index < -0.39 is 0 Å². The molecule has 4 nitrogen and oxygen atoms in total. The van der Waals surface area contributed by atoms with Crippen LogP contribution in [0.1, 0.15) is 21.5 Å². The molecule has 0 aliphatic rings. The van der Waals surface area contributed by atoms with Gasteiger partial charge in [0, 0.05) is 19.3 Å². The van der Waals surface area contributed by atoms with E-state index in [0.29, 0.717) is 12.1 Å². The van der Waals surface area contributed by atoms with Crippen LogP contribution in [0.3, 0.4) is 0 Å². The van der Waals surface area contributed by atoms with Crippen molar-refractivity contribution in [1.29, 1.82) is 0 Å². The van der Waals surface area contributed by atoms with Crippen molar-refractivity contribution in [2.45, 2.75) is 13.5 Å². The fourth-order valence-electron chi connectivity index (χ4n) is 1.90. The highest BCUT2D eigenvalue weighted by Gasteiger charge is 2.06. The summed E-state index contributed by atoms with van der Waals surface area (Å²) in [5.41, 5.74) is 2.56. The number of hydrogen-bond donors (Lipinski definition) is 1. The van der Waals surface area contributed by atoms with E-state index in [-0.39, 0.29) is 11.5 Å². The summed E-state index contributed by atoms with van der Waals surface area (Å²) in [5, 5.41) is 2.55. The number of nitrogens with one attached hydrogen (secondary N) is 1. The molecule has 1 N–H and O–H groups in total. The van der Waals surface area contributed by atoms with Crippen LogP contribution in [-0.2, 0) is 6.54 Å². The molecule has 1 aromatic carbocycles. The summed E-state index contributed by atoms with van der Waals surface area (Å²) in [6.07, 6.45) is 1.59. The molecule has 2 rings (SSSR count). The molecule has 0 bridgehead atoms. The van der Waals surface area contributed by atoms with Crippen LogP contribution in [0.25, 0.3) is 0 Å². The van der Waals surface area contributed by atoms with E-state index in [0.717, 1.165) is 11.1 Å². The molecule has 1 amide bonds. The fraction of sp³-hybridized carbons (Fsp3) is 0.200. The van der Waals surface area contributed by atoms with Crippen molar-refractivity contribution in [2.24, 2.45) is 0 Å². The van der Waals surface area contributed by atoms with Gasteiger partial charge in [0.1, 0.15) is 0 Å². The lowest BCUT2D eigenvalue weighted by Gasteiger charge is -2.09. The zero-order valence-electron chi connectivity index (χ0n) is 11.0. The molecule has 0 aliphatic heterocycles. The molecule has 2 aromatic rings. The molecule has 0 atom stereocenters. The zero-order valence-corrected chi connectivity index (χ0v) is 11.0. The molecule has 19 heavy (non-hydrogen) atoms. The van der Waals surface area contributed by atoms with Gasteiger partial charge in [-0.1, -0.05) is 24.3 Å². The molecule has 0 unspecified atom stereocenters. The van der Waals surface area contributed by atoms with Gasteiger partial charge in [-0.3, -0.25) is 9.59 Å². The number of aromatic nitrogens is 1. The summed E-state index contributed by atoms with van der Waals surface area (Å²) in [7, 11) is 1.57. The van der Waals surface area contributed by atoms with Gasteiger partial charge in [0.2, 0.25) is 0 Å². The van der Waals surface area contributed by atoms with Crippen molar-refractivity contribution < 1.29 is 4.79 Å². The highest BCUT2D eigenvalue weighted by molar-refractivity contribution is 5.93. The summed E-state index contributed by atoms with van der Waals surface area (Å²) in [5.74, 6) is -0.196. The third kappa shape index (κ3) is 2.91. The van der Waals surface area contributed by atoms with Crippen molar-refractivity contribution in [3.05, 3.63) is 69.6 Å². The first-order chi connectivity index (χ1) is 9.11. The molecular formula is C15H16N2O2. The molecule has 0 radical (unpaired) electrons. The summed E-state index contributed by atoms with van der Waals surface area (Å²) in [6, 6.07) is 10.8. The number of pyridine rings is 1. The van der Waals surface area contributed by atoms with Crippen molar-refractivity contribution >= 4 is 5.91 Å². The number of carbonyl (C=O) groups is 1. The van der Waals surface area contributed by atoms with Crippen LogP contribution in [0.15, 0.2) is 47.4 Å². The van der Waals surface area contributed by atoms with E-state index in [1.807, 2.05) is 31.2 Å². The Morgan fingerprint density at radius 3 is 2.63 bits per heavy atom. The van der Waals surface area contributed by atoms with Gasteiger partial charge >= 0.3 is 0 Å². The average Bonchev–Trinajstić information content (AvgIpc) is 2.42. The molecule has 98 valence electrons. The maximum absolute atomic E-state index is 11.8. The Labute approximate surface area is 111 Å². The normalized spacial score (nSPS) is 10.2. The number of aryl methyl sites for hydroxylation is 1. The van der Waals surface area contributed by atoms with Gasteiger partial charge in [0.25, 0.3) is 11.5 Å². The molecule has 4 heteroatoms. The Kier molecular flexibility index (Phi) is 3.80. The summed E-state index contributed by atoms with van der Waals surface area (Å²) >= 11 is 0. The molecule has 0 aliphatic carbocycles. The van der Waals surface area contributed by atoms with E-state index in [1.165, 1.54) is 12.1 Å². The fourth-order valence-corrected chi connectivity index (χ4v) is 1.90.